The highest BCUT2D eigenvalue weighted by molar-refractivity contribution is 5.79. The van der Waals surface area contributed by atoms with Gasteiger partial charge in [0.15, 0.2) is 0 Å². The average Bonchev–Trinajstić information content (AvgIpc) is 3.17. The van der Waals surface area contributed by atoms with Crippen molar-refractivity contribution in [1.82, 2.24) is 19.9 Å². The van der Waals surface area contributed by atoms with Gasteiger partial charge >= 0.3 is 0 Å². The van der Waals surface area contributed by atoms with Gasteiger partial charge in [-0.25, -0.2) is 0 Å². The maximum atomic E-state index is 12.8. The molecule has 0 radical (unpaired) electrons. The van der Waals surface area contributed by atoms with Crippen LogP contribution in [-0.2, 0) is 16.1 Å². The van der Waals surface area contributed by atoms with Crippen LogP contribution < -0.4 is 0 Å². The van der Waals surface area contributed by atoms with Crippen molar-refractivity contribution in [2.75, 3.05) is 39.4 Å². The Bertz CT molecular complexity index is 785. The van der Waals surface area contributed by atoms with Gasteiger partial charge in [0.2, 0.25) is 17.6 Å². The van der Waals surface area contributed by atoms with Crippen molar-refractivity contribution in [2.24, 2.45) is 5.92 Å². The molecule has 1 aromatic carbocycles. The smallest absolute Gasteiger partial charge is 0.241 e. The quantitative estimate of drug-likeness (QED) is 0.821. The zero-order valence-corrected chi connectivity index (χ0v) is 15.8. The van der Waals surface area contributed by atoms with E-state index in [1.807, 2.05) is 36.1 Å². The minimum atomic E-state index is 0.0519. The summed E-state index contributed by atoms with van der Waals surface area (Å²) in [5.74, 6) is 1.53. The van der Waals surface area contributed by atoms with Crippen molar-refractivity contribution in [3.63, 3.8) is 0 Å². The standard InChI is InChI=1S/C20H26N4O3/c1-15-4-2-5-16(12-15)19-21-18(27-22-19)14-23-7-3-6-17(13-23)20(25)24-8-10-26-11-9-24/h2,4-5,12,17H,3,6-11,13-14H2,1H3/t17-/m1/s1. The normalized spacial score (nSPS) is 21.4. The minimum Gasteiger partial charge on any atom is -0.378 e. The first-order chi connectivity index (χ1) is 13.2. The van der Waals surface area contributed by atoms with E-state index in [4.69, 9.17) is 9.26 Å². The molecule has 0 aliphatic carbocycles. The van der Waals surface area contributed by atoms with E-state index < -0.39 is 0 Å². The number of carbonyl (C=O) groups excluding carboxylic acids is 1. The number of morpholine rings is 1. The number of piperidine rings is 1. The van der Waals surface area contributed by atoms with Gasteiger partial charge in [-0.2, -0.15) is 4.98 Å². The lowest BCUT2D eigenvalue weighted by Crippen LogP contribution is -2.48. The first kappa shape index (κ1) is 18.1. The van der Waals surface area contributed by atoms with E-state index in [0.717, 1.165) is 31.5 Å². The van der Waals surface area contributed by atoms with Crippen molar-refractivity contribution in [3.05, 3.63) is 35.7 Å². The molecule has 0 N–H and O–H groups in total. The Labute approximate surface area is 159 Å². The second-order valence-corrected chi connectivity index (χ2v) is 7.39. The largest absolute Gasteiger partial charge is 0.378 e. The lowest BCUT2D eigenvalue weighted by molar-refractivity contribution is -0.141. The molecular formula is C20H26N4O3. The molecule has 0 saturated carbocycles. The highest BCUT2D eigenvalue weighted by atomic mass is 16.5. The Morgan fingerprint density at radius 1 is 1.26 bits per heavy atom. The fourth-order valence-corrected chi connectivity index (χ4v) is 3.85. The first-order valence-electron chi connectivity index (χ1n) is 9.67. The van der Waals surface area contributed by atoms with Gasteiger partial charge in [-0.05, 0) is 32.4 Å². The molecule has 1 aromatic heterocycles. The molecule has 3 heterocycles. The van der Waals surface area contributed by atoms with Crippen molar-refractivity contribution in [2.45, 2.75) is 26.3 Å². The average molecular weight is 370 g/mol. The van der Waals surface area contributed by atoms with E-state index in [1.54, 1.807) is 0 Å². The Hall–Kier alpha value is -2.25. The third-order valence-electron chi connectivity index (χ3n) is 5.28. The number of amides is 1. The van der Waals surface area contributed by atoms with Gasteiger partial charge in [-0.1, -0.05) is 28.9 Å². The fourth-order valence-electron chi connectivity index (χ4n) is 3.85. The summed E-state index contributed by atoms with van der Waals surface area (Å²) in [7, 11) is 0. The molecule has 2 saturated heterocycles. The second-order valence-electron chi connectivity index (χ2n) is 7.39. The predicted octanol–water partition coefficient (Wildman–Crippen LogP) is 2.12. The van der Waals surface area contributed by atoms with Gasteiger partial charge in [0.1, 0.15) is 0 Å². The number of benzene rings is 1. The van der Waals surface area contributed by atoms with E-state index in [9.17, 15) is 4.79 Å². The number of hydrogen-bond acceptors (Lipinski definition) is 6. The van der Waals surface area contributed by atoms with Crippen LogP contribution in [0.25, 0.3) is 11.4 Å². The van der Waals surface area contributed by atoms with Crippen molar-refractivity contribution in [1.29, 1.82) is 0 Å². The molecule has 2 aliphatic rings. The molecule has 7 heteroatoms. The van der Waals surface area contributed by atoms with Gasteiger partial charge in [0, 0.05) is 25.2 Å². The van der Waals surface area contributed by atoms with E-state index in [2.05, 4.69) is 15.0 Å². The van der Waals surface area contributed by atoms with E-state index >= 15 is 0 Å². The molecule has 7 nitrogen and oxygen atoms in total. The van der Waals surface area contributed by atoms with Crippen LogP contribution in [0.3, 0.4) is 0 Å². The van der Waals surface area contributed by atoms with Crippen molar-refractivity contribution < 1.29 is 14.1 Å². The molecule has 1 amide bonds. The molecule has 2 aromatic rings. The van der Waals surface area contributed by atoms with Crippen LogP contribution in [0.5, 0.6) is 0 Å². The van der Waals surface area contributed by atoms with Crippen LogP contribution in [0.1, 0.15) is 24.3 Å². The highest BCUT2D eigenvalue weighted by Gasteiger charge is 2.30. The molecule has 4 rings (SSSR count). The minimum absolute atomic E-state index is 0.0519. The summed E-state index contributed by atoms with van der Waals surface area (Å²) in [5.41, 5.74) is 2.13. The van der Waals surface area contributed by atoms with Gasteiger partial charge in [-0.15, -0.1) is 0 Å². The van der Waals surface area contributed by atoms with E-state index in [1.165, 1.54) is 5.56 Å². The van der Waals surface area contributed by atoms with E-state index in [-0.39, 0.29) is 11.8 Å². The zero-order valence-electron chi connectivity index (χ0n) is 15.8. The van der Waals surface area contributed by atoms with Gasteiger partial charge in [-0.3, -0.25) is 9.69 Å². The van der Waals surface area contributed by atoms with Gasteiger partial charge in [0.25, 0.3) is 0 Å². The van der Waals surface area contributed by atoms with E-state index in [0.29, 0.717) is 44.6 Å². The number of nitrogens with zero attached hydrogens (tertiary/aromatic N) is 4. The lowest BCUT2D eigenvalue weighted by atomic mass is 9.96. The number of carbonyl (C=O) groups is 1. The van der Waals surface area contributed by atoms with Crippen molar-refractivity contribution in [3.8, 4) is 11.4 Å². The summed E-state index contributed by atoms with van der Waals surface area (Å²) in [4.78, 5) is 21.5. The second kappa shape index (κ2) is 8.19. The Morgan fingerprint density at radius 3 is 2.93 bits per heavy atom. The highest BCUT2D eigenvalue weighted by Crippen LogP contribution is 2.22. The Kier molecular flexibility index (Phi) is 5.50. The number of ether oxygens (including phenoxy) is 1. The summed E-state index contributed by atoms with van der Waals surface area (Å²) in [5, 5.41) is 4.12. The van der Waals surface area contributed by atoms with Crippen LogP contribution in [-0.4, -0.2) is 65.2 Å². The number of hydrogen-bond donors (Lipinski definition) is 0. The molecule has 0 bridgehead atoms. The molecule has 2 fully saturated rings. The maximum absolute atomic E-state index is 12.8. The number of aryl methyl sites for hydroxylation is 1. The van der Waals surface area contributed by atoms with Crippen LogP contribution in [0.4, 0.5) is 0 Å². The van der Waals surface area contributed by atoms with Crippen molar-refractivity contribution >= 4 is 5.91 Å². The lowest BCUT2D eigenvalue weighted by Gasteiger charge is -2.35. The topological polar surface area (TPSA) is 71.7 Å². The summed E-state index contributed by atoms with van der Waals surface area (Å²) in [6.45, 7) is 7.04. The summed E-state index contributed by atoms with van der Waals surface area (Å²) in [6.07, 6.45) is 1.96. The monoisotopic (exact) mass is 370 g/mol. The molecule has 1 atom stereocenters. The van der Waals surface area contributed by atoms with Crippen LogP contribution in [0.2, 0.25) is 0 Å². The van der Waals surface area contributed by atoms with Crippen LogP contribution in [0.15, 0.2) is 28.8 Å². The number of aromatic nitrogens is 2. The Balaban J connectivity index is 1.37. The number of likely N-dealkylation sites (tertiary alicyclic amines) is 1. The summed E-state index contributed by atoms with van der Waals surface area (Å²) in [6, 6.07) is 8.07. The maximum Gasteiger partial charge on any atom is 0.241 e. The molecule has 27 heavy (non-hydrogen) atoms. The predicted molar refractivity (Wildman–Crippen MR) is 99.9 cm³/mol. The van der Waals surface area contributed by atoms with Crippen LogP contribution >= 0.6 is 0 Å². The summed E-state index contributed by atoms with van der Waals surface area (Å²) >= 11 is 0. The number of rotatable bonds is 4. The summed E-state index contributed by atoms with van der Waals surface area (Å²) < 4.78 is 10.8. The Morgan fingerprint density at radius 2 is 2.11 bits per heavy atom. The molecular weight excluding hydrogens is 344 g/mol. The first-order valence-corrected chi connectivity index (χ1v) is 9.67. The van der Waals surface area contributed by atoms with Gasteiger partial charge < -0.3 is 14.2 Å². The SMILES string of the molecule is Cc1cccc(-c2noc(CN3CCC[C@@H](C(=O)N4CCOCC4)C3)n2)c1. The zero-order chi connectivity index (χ0) is 18.6. The third kappa shape index (κ3) is 4.36. The molecule has 2 aliphatic heterocycles. The fraction of sp³-hybridized carbons (Fsp3) is 0.550. The van der Waals surface area contributed by atoms with Crippen LogP contribution in [0, 0.1) is 12.8 Å². The molecule has 0 spiro atoms. The third-order valence-corrected chi connectivity index (χ3v) is 5.28. The molecule has 144 valence electrons. The molecule has 0 unspecified atom stereocenters. The van der Waals surface area contributed by atoms with Gasteiger partial charge in [0.05, 0.1) is 25.7 Å².